The normalized spacial score (nSPS) is 10.1. The fraction of sp³-hybridized carbons (Fsp3) is 0.462. The Kier molecular flexibility index (Phi) is 5.95. The van der Waals surface area contributed by atoms with E-state index >= 15 is 0 Å². The topological polar surface area (TPSA) is 82.8 Å². The maximum atomic E-state index is 10.6. The number of carbonyl (C=O) groups is 1. The minimum Gasteiger partial charge on any atom is -0.493 e. The van der Waals surface area contributed by atoms with Crippen LogP contribution in [0.4, 0.5) is 0 Å². The van der Waals surface area contributed by atoms with Crippen LogP contribution in [0.5, 0.6) is 17.2 Å². The molecule has 1 amide bonds. The summed E-state index contributed by atoms with van der Waals surface area (Å²) >= 11 is 0. The van der Waals surface area contributed by atoms with Crippen molar-refractivity contribution in [2.24, 2.45) is 5.73 Å². The second-order valence-electron chi connectivity index (χ2n) is 3.93. The van der Waals surface area contributed by atoms with E-state index in [0.717, 1.165) is 5.56 Å². The molecule has 6 heteroatoms. The van der Waals surface area contributed by atoms with Crippen LogP contribution in [0.15, 0.2) is 12.1 Å². The molecule has 19 heavy (non-hydrogen) atoms. The van der Waals surface area contributed by atoms with Crippen molar-refractivity contribution in [3.05, 3.63) is 17.7 Å². The van der Waals surface area contributed by atoms with Gasteiger partial charge in [0.2, 0.25) is 11.7 Å². The van der Waals surface area contributed by atoms with Crippen LogP contribution in [0.2, 0.25) is 0 Å². The lowest BCUT2D eigenvalue weighted by Gasteiger charge is -2.14. The number of amides is 1. The first-order chi connectivity index (χ1) is 9.12. The number of methoxy groups -OCH3 is 3. The number of nitrogens with one attached hydrogen (secondary N) is 1. The van der Waals surface area contributed by atoms with Crippen LogP contribution in [0, 0.1) is 0 Å². The highest BCUT2D eigenvalue weighted by atomic mass is 16.5. The summed E-state index contributed by atoms with van der Waals surface area (Å²) in [5, 5.41) is 3.12. The quantitative estimate of drug-likeness (QED) is 0.677. The van der Waals surface area contributed by atoms with E-state index in [1.165, 1.54) is 0 Å². The second kappa shape index (κ2) is 7.48. The molecule has 0 aromatic heterocycles. The zero-order chi connectivity index (χ0) is 14.3. The standard InChI is InChI=1S/C13H20N2O4/c1-17-10-6-9(8-15-5-4-12(14)16)7-11(18-2)13(10)19-3/h6-7,15H,4-5,8H2,1-3H3,(H2,14,16). The Morgan fingerprint density at radius 3 is 2.16 bits per heavy atom. The lowest BCUT2D eigenvalue weighted by Crippen LogP contribution is -2.21. The molecule has 0 aliphatic carbocycles. The smallest absolute Gasteiger partial charge is 0.218 e. The lowest BCUT2D eigenvalue weighted by molar-refractivity contribution is -0.117. The van der Waals surface area contributed by atoms with Gasteiger partial charge in [-0.25, -0.2) is 0 Å². The van der Waals surface area contributed by atoms with Crippen LogP contribution in [0.3, 0.4) is 0 Å². The molecule has 0 bridgehead atoms. The van der Waals surface area contributed by atoms with E-state index in [1.807, 2.05) is 12.1 Å². The molecule has 0 saturated heterocycles. The fourth-order valence-electron chi connectivity index (χ4n) is 1.68. The van der Waals surface area contributed by atoms with Gasteiger partial charge < -0.3 is 25.3 Å². The Labute approximate surface area is 112 Å². The second-order valence-corrected chi connectivity index (χ2v) is 3.93. The van der Waals surface area contributed by atoms with Crippen molar-refractivity contribution in [2.45, 2.75) is 13.0 Å². The van der Waals surface area contributed by atoms with Crippen LogP contribution in [0.1, 0.15) is 12.0 Å². The minimum atomic E-state index is -0.322. The van der Waals surface area contributed by atoms with Gasteiger partial charge in [0, 0.05) is 19.5 Å². The Bertz CT molecular complexity index is 410. The largest absolute Gasteiger partial charge is 0.493 e. The molecule has 0 saturated carbocycles. The van der Waals surface area contributed by atoms with Crippen molar-refractivity contribution in [1.29, 1.82) is 0 Å². The average molecular weight is 268 g/mol. The number of nitrogens with two attached hydrogens (primary N) is 1. The average Bonchev–Trinajstić information content (AvgIpc) is 2.42. The maximum Gasteiger partial charge on any atom is 0.218 e. The number of carbonyl (C=O) groups excluding carboxylic acids is 1. The van der Waals surface area contributed by atoms with E-state index < -0.39 is 0 Å². The zero-order valence-corrected chi connectivity index (χ0v) is 11.5. The molecular weight excluding hydrogens is 248 g/mol. The molecule has 3 N–H and O–H groups in total. The van der Waals surface area contributed by atoms with Crippen molar-refractivity contribution in [3.63, 3.8) is 0 Å². The van der Waals surface area contributed by atoms with E-state index in [1.54, 1.807) is 21.3 Å². The molecule has 0 spiro atoms. The summed E-state index contributed by atoms with van der Waals surface area (Å²) in [6.45, 7) is 1.12. The molecule has 1 aromatic rings. The Hall–Kier alpha value is -1.95. The van der Waals surface area contributed by atoms with Crippen molar-refractivity contribution < 1.29 is 19.0 Å². The highest BCUT2D eigenvalue weighted by molar-refractivity contribution is 5.73. The molecular formula is C13H20N2O4. The summed E-state index contributed by atoms with van der Waals surface area (Å²) in [6, 6.07) is 3.72. The van der Waals surface area contributed by atoms with Gasteiger partial charge in [-0.05, 0) is 17.7 Å². The first-order valence-corrected chi connectivity index (χ1v) is 5.90. The van der Waals surface area contributed by atoms with E-state index in [4.69, 9.17) is 19.9 Å². The van der Waals surface area contributed by atoms with Crippen LogP contribution in [-0.4, -0.2) is 33.8 Å². The fourth-order valence-corrected chi connectivity index (χ4v) is 1.68. The number of hydrogen-bond acceptors (Lipinski definition) is 5. The monoisotopic (exact) mass is 268 g/mol. The summed E-state index contributed by atoms with van der Waals surface area (Å²) in [6.07, 6.45) is 0.310. The molecule has 0 unspecified atom stereocenters. The Morgan fingerprint density at radius 1 is 1.16 bits per heavy atom. The van der Waals surface area contributed by atoms with Crippen LogP contribution in [0.25, 0.3) is 0 Å². The van der Waals surface area contributed by atoms with Crippen molar-refractivity contribution in [2.75, 3.05) is 27.9 Å². The number of primary amides is 1. The van der Waals surface area contributed by atoms with Gasteiger partial charge in [-0.1, -0.05) is 0 Å². The third kappa shape index (κ3) is 4.33. The Morgan fingerprint density at radius 2 is 1.74 bits per heavy atom. The van der Waals surface area contributed by atoms with Crippen molar-refractivity contribution >= 4 is 5.91 Å². The number of rotatable bonds is 8. The van der Waals surface area contributed by atoms with E-state index in [9.17, 15) is 4.79 Å². The lowest BCUT2D eigenvalue weighted by atomic mass is 10.1. The third-order valence-corrected chi connectivity index (χ3v) is 2.60. The van der Waals surface area contributed by atoms with Crippen molar-refractivity contribution in [3.8, 4) is 17.2 Å². The van der Waals surface area contributed by atoms with E-state index in [0.29, 0.717) is 36.8 Å². The Balaban J connectivity index is 2.76. The third-order valence-electron chi connectivity index (χ3n) is 2.60. The number of benzene rings is 1. The van der Waals surface area contributed by atoms with Gasteiger partial charge in [0.15, 0.2) is 11.5 Å². The maximum absolute atomic E-state index is 10.6. The first-order valence-electron chi connectivity index (χ1n) is 5.90. The van der Waals surface area contributed by atoms with Gasteiger partial charge in [0.1, 0.15) is 0 Å². The highest BCUT2D eigenvalue weighted by Gasteiger charge is 2.12. The molecule has 0 aliphatic heterocycles. The van der Waals surface area contributed by atoms with Gasteiger partial charge in [-0.3, -0.25) is 4.79 Å². The van der Waals surface area contributed by atoms with Gasteiger partial charge in [0.05, 0.1) is 21.3 Å². The predicted molar refractivity (Wildman–Crippen MR) is 71.6 cm³/mol. The molecule has 0 radical (unpaired) electrons. The summed E-state index contributed by atoms with van der Waals surface area (Å²) in [5.74, 6) is 1.45. The van der Waals surface area contributed by atoms with Crippen molar-refractivity contribution in [1.82, 2.24) is 5.32 Å². The number of ether oxygens (including phenoxy) is 3. The highest BCUT2D eigenvalue weighted by Crippen LogP contribution is 2.38. The van der Waals surface area contributed by atoms with Crippen LogP contribution < -0.4 is 25.3 Å². The number of hydrogen-bond donors (Lipinski definition) is 2. The zero-order valence-electron chi connectivity index (χ0n) is 11.5. The SMILES string of the molecule is COc1cc(CNCCC(N)=O)cc(OC)c1OC. The summed E-state index contributed by atoms with van der Waals surface area (Å²) < 4.78 is 15.8. The molecule has 6 nitrogen and oxygen atoms in total. The van der Waals surface area contributed by atoms with Gasteiger partial charge in [-0.2, -0.15) is 0 Å². The molecule has 0 atom stereocenters. The van der Waals surface area contributed by atoms with Crippen LogP contribution >= 0.6 is 0 Å². The molecule has 0 fully saturated rings. The molecule has 1 rings (SSSR count). The molecule has 0 heterocycles. The van der Waals surface area contributed by atoms with E-state index in [2.05, 4.69) is 5.32 Å². The molecule has 0 aliphatic rings. The van der Waals surface area contributed by atoms with Gasteiger partial charge in [-0.15, -0.1) is 0 Å². The van der Waals surface area contributed by atoms with Gasteiger partial charge in [0.25, 0.3) is 0 Å². The van der Waals surface area contributed by atoms with E-state index in [-0.39, 0.29) is 5.91 Å². The van der Waals surface area contributed by atoms with Gasteiger partial charge >= 0.3 is 0 Å². The molecule has 106 valence electrons. The van der Waals surface area contributed by atoms with Crippen LogP contribution in [-0.2, 0) is 11.3 Å². The summed E-state index contributed by atoms with van der Waals surface area (Å²) in [4.78, 5) is 10.6. The first kappa shape index (κ1) is 15.1. The predicted octanol–water partition coefficient (Wildman–Crippen LogP) is 0.677. The molecule has 1 aromatic carbocycles. The minimum absolute atomic E-state index is 0.310. The summed E-state index contributed by atoms with van der Waals surface area (Å²) in [5.41, 5.74) is 6.04. The summed E-state index contributed by atoms with van der Waals surface area (Å²) in [7, 11) is 4.70.